The molecular weight excluding hydrogens is 212 g/mol. The van der Waals surface area contributed by atoms with E-state index in [0.717, 1.165) is 18.7 Å². The zero-order valence-electron chi connectivity index (χ0n) is 11.6. The number of aromatic nitrogens is 1. The molecule has 1 heterocycles. The Morgan fingerprint density at radius 1 is 1.35 bits per heavy atom. The number of rotatable bonds is 6. The zero-order chi connectivity index (χ0) is 12.9. The molecule has 0 radical (unpaired) electrons. The van der Waals surface area contributed by atoms with Gasteiger partial charge in [0.25, 0.3) is 0 Å². The second-order valence-electron chi connectivity index (χ2n) is 5.31. The Bertz CT molecular complexity index is 348. The molecule has 1 aromatic heterocycles. The minimum atomic E-state index is 0.117. The van der Waals surface area contributed by atoms with Crippen molar-refractivity contribution in [1.29, 1.82) is 0 Å². The molecule has 1 rings (SSSR count). The van der Waals surface area contributed by atoms with E-state index in [4.69, 9.17) is 4.74 Å². The topological polar surface area (TPSA) is 34.2 Å². The normalized spacial score (nSPS) is 11.9. The average molecular weight is 236 g/mol. The Labute approximate surface area is 105 Å². The highest BCUT2D eigenvalue weighted by molar-refractivity contribution is 5.29. The maximum Gasteiger partial charge on any atom is 0.138 e. The van der Waals surface area contributed by atoms with Crippen molar-refractivity contribution in [2.75, 3.05) is 13.6 Å². The summed E-state index contributed by atoms with van der Waals surface area (Å²) in [6, 6.07) is 2.10. The van der Waals surface area contributed by atoms with Crippen molar-refractivity contribution in [2.45, 2.75) is 45.6 Å². The lowest BCUT2D eigenvalue weighted by atomic mass is 9.82. The molecule has 0 fully saturated rings. The van der Waals surface area contributed by atoms with Crippen molar-refractivity contribution in [2.24, 2.45) is 0 Å². The number of nitrogens with zero attached hydrogens (tertiary/aromatic N) is 1. The maximum absolute atomic E-state index is 5.68. The van der Waals surface area contributed by atoms with Crippen molar-refractivity contribution in [3.05, 3.63) is 24.0 Å². The van der Waals surface area contributed by atoms with Crippen LogP contribution in [0.5, 0.6) is 5.75 Å². The van der Waals surface area contributed by atoms with Crippen LogP contribution in [0.25, 0.3) is 0 Å². The fraction of sp³-hybridized carbons (Fsp3) is 0.643. The summed E-state index contributed by atoms with van der Waals surface area (Å²) < 4.78 is 5.68. The predicted molar refractivity (Wildman–Crippen MR) is 71.6 cm³/mol. The second kappa shape index (κ2) is 6.01. The molecule has 0 bridgehead atoms. The van der Waals surface area contributed by atoms with Gasteiger partial charge in [-0.2, -0.15) is 0 Å². The molecule has 0 spiro atoms. The molecule has 0 aliphatic heterocycles. The molecular formula is C14H24N2O. The minimum Gasteiger partial charge on any atom is -0.489 e. The average Bonchev–Trinajstić information content (AvgIpc) is 2.26. The first-order valence-electron chi connectivity index (χ1n) is 6.22. The molecule has 3 heteroatoms. The Kier molecular flexibility index (Phi) is 4.94. The van der Waals surface area contributed by atoms with E-state index in [-0.39, 0.29) is 11.5 Å². The number of nitrogens with one attached hydrogen (secondary N) is 1. The van der Waals surface area contributed by atoms with Gasteiger partial charge in [0, 0.05) is 6.20 Å². The minimum absolute atomic E-state index is 0.117. The van der Waals surface area contributed by atoms with E-state index < -0.39 is 0 Å². The summed E-state index contributed by atoms with van der Waals surface area (Å²) in [7, 11) is 1.98. The van der Waals surface area contributed by atoms with Gasteiger partial charge < -0.3 is 10.1 Å². The molecule has 3 nitrogen and oxygen atoms in total. The Morgan fingerprint density at radius 3 is 2.65 bits per heavy atom. The van der Waals surface area contributed by atoms with E-state index in [9.17, 15) is 0 Å². The maximum atomic E-state index is 5.68. The first-order chi connectivity index (χ1) is 7.95. The number of ether oxygens (including phenoxy) is 1. The van der Waals surface area contributed by atoms with Crippen LogP contribution >= 0.6 is 0 Å². The fourth-order valence-corrected chi connectivity index (χ4v) is 1.71. The predicted octanol–water partition coefficient (Wildman–Crippen LogP) is 2.76. The van der Waals surface area contributed by atoms with E-state index in [1.165, 1.54) is 5.56 Å². The molecule has 0 aliphatic rings. The van der Waals surface area contributed by atoms with Crippen LogP contribution in [0.2, 0.25) is 0 Å². The van der Waals surface area contributed by atoms with Crippen molar-refractivity contribution in [1.82, 2.24) is 10.3 Å². The SMILES string of the molecule is CNCCC(C)(C)c1cncc(OC(C)C)c1. The summed E-state index contributed by atoms with van der Waals surface area (Å²) in [5.74, 6) is 0.857. The summed E-state index contributed by atoms with van der Waals surface area (Å²) in [6.45, 7) is 9.53. The van der Waals surface area contributed by atoms with Crippen molar-refractivity contribution >= 4 is 0 Å². The first kappa shape index (κ1) is 14.0. The number of pyridine rings is 1. The monoisotopic (exact) mass is 236 g/mol. The van der Waals surface area contributed by atoms with Gasteiger partial charge in [0.05, 0.1) is 12.3 Å². The van der Waals surface area contributed by atoms with Crippen LogP contribution in [0.4, 0.5) is 0 Å². The van der Waals surface area contributed by atoms with Crippen LogP contribution < -0.4 is 10.1 Å². The van der Waals surface area contributed by atoms with Gasteiger partial charge in [-0.3, -0.25) is 4.98 Å². The number of hydrogen-bond donors (Lipinski definition) is 1. The summed E-state index contributed by atoms with van der Waals surface area (Å²) in [5, 5.41) is 3.19. The van der Waals surface area contributed by atoms with Crippen LogP contribution in [0, 0.1) is 0 Å². The van der Waals surface area contributed by atoms with Gasteiger partial charge in [-0.1, -0.05) is 13.8 Å². The highest BCUT2D eigenvalue weighted by atomic mass is 16.5. The molecule has 1 aromatic rings. The molecule has 0 aromatic carbocycles. The first-order valence-corrected chi connectivity index (χ1v) is 6.22. The van der Waals surface area contributed by atoms with Crippen LogP contribution in [-0.4, -0.2) is 24.7 Å². The van der Waals surface area contributed by atoms with E-state index in [2.05, 4.69) is 30.2 Å². The summed E-state index contributed by atoms with van der Waals surface area (Å²) in [6.07, 6.45) is 4.98. The molecule has 0 saturated carbocycles. The number of hydrogen-bond acceptors (Lipinski definition) is 3. The van der Waals surface area contributed by atoms with Gasteiger partial charge in [-0.05, 0) is 50.9 Å². The Balaban J connectivity index is 2.82. The van der Waals surface area contributed by atoms with Gasteiger partial charge in [0.1, 0.15) is 5.75 Å². The standard InChI is InChI=1S/C14H24N2O/c1-11(2)17-13-8-12(9-16-10-13)14(3,4)6-7-15-5/h8-11,15H,6-7H2,1-5H3. The second-order valence-corrected chi connectivity index (χ2v) is 5.31. The fourth-order valence-electron chi connectivity index (χ4n) is 1.71. The Hall–Kier alpha value is -1.09. The van der Waals surface area contributed by atoms with Crippen LogP contribution in [0.3, 0.4) is 0 Å². The van der Waals surface area contributed by atoms with Gasteiger partial charge in [0.15, 0.2) is 0 Å². The molecule has 1 N–H and O–H groups in total. The summed E-state index contributed by atoms with van der Waals surface area (Å²) >= 11 is 0. The highest BCUT2D eigenvalue weighted by Crippen LogP contribution is 2.28. The third kappa shape index (κ3) is 4.35. The molecule has 17 heavy (non-hydrogen) atoms. The van der Waals surface area contributed by atoms with Crippen molar-refractivity contribution in [3.63, 3.8) is 0 Å². The quantitative estimate of drug-likeness (QED) is 0.824. The Morgan fingerprint density at radius 2 is 2.06 bits per heavy atom. The van der Waals surface area contributed by atoms with Gasteiger partial charge in [-0.25, -0.2) is 0 Å². The molecule has 0 aliphatic carbocycles. The lowest BCUT2D eigenvalue weighted by Crippen LogP contribution is -2.23. The van der Waals surface area contributed by atoms with Crippen LogP contribution in [0.15, 0.2) is 18.5 Å². The van der Waals surface area contributed by atoms with E-state index in [1.807, 2.05) is 27.1 Å². The third-order valence-corrected chi connectivity index (χ3v) is 2.87. The zero-order valence-corrected chi connectivity index (χ0v) is 11.6. The molecule has 0 amide bonds. The van der Waals surface area contributed by atoms with Gasteiger partial charge in [0.2, 0.25) is 0 Å². The van der Waals surface area contributed by atoms with E-state index in [0.29, 0.717) is 0 Å². The third-order valence-electron chi connectivity index (χ3n) is 2.87. The highest BCUT2D eigenvalue weighted by Gasteiger charge is 2.20. The van der Waals surface area contributed by atoms with E-state index in [1.54, 1.807) is 6.20 Å². The molecule has 0 atom stereocenters. The molecule has 96 valence electrons. The molecule has 0 unspecified atom stereocenters. The lowest BCUT2D eigenvalue weighted by molar-refractivity contribution is 0.240. The van der Waals surface area contributed by atoms with Crippen LogP contribution in [-0.2, 0) is 5.41 Å². The van der Waals surface area contributed by atoms with Gasteiger partial charge >= 0.3 is 0 Å². The lowest BCUT2D eigenvalue weighted by Gasteiger charge is -2.25. The van der Waals surface area contributed by atoms with E-state index >= 15 is 0 Å². The largest absolute Gasteiger partial charge is 0.489 e. The van der Waals surface area contributed by atoms with Crippen molar-refractivity contribution < 1.29 is 4.74 Å². The van der Waals surface area contributed by atoms with Crippen LogP contribution in [0.1, 0.15) is 39.7 Å². The molecule has 0 saturated heterocycles. The smallest absolute Gasteiger partial charge is 0.138 e. The summed E-state index contributed by atoms with van der Waals surface area (Å²) in [5.41, 5.74) is 1.35. The summed E-state index contributed by atoms with van der Waals surface area (Å²) in [4.78, 5) is 4.27. The van der Waals surface area contributed by atoms with Gasteiger partial charge in [-0.15, -0.1) is 0 Å². The van der Waals surface area contributed by atoms with Crippen molar-refractivity contribution in [3.8, 4) is 5.75 Å².